The molecule has 0 bridgehead atoms. The Morgan fingerprint density at radius 1 is 0.667 bits per heavy atom. The van der Waals surface area contributed by atoms with Crippen molar-refractivity contribution in [2.75, 3.05) is 0 Å². The van der Waals surface area contributed by atoms with Crippen molar-refractivity contribution in [1.82, 2.24) is 0 Å². The largest absolute Gasteiger partial charge is 0.390 e. The normalized spacial score (nSPS) is 13.5. The molecule has 0 fully saturated rings. The zero-order chi connectivity index (χ0) is 19.6. The third kappa shape index (κ3) is 13.8. The SMILES string of the molecule is CCC(C)(C)CCC(C)=C(C)C.CCC(C)(O)CCC(C)=C(C)C. The van der Waals surface area contributed by atoms with Crippen LogP contribution >= 0.6 is 0 Å². The fraction of sp³-hybridized carbons (Fsp3) is 0.826. The van der Waals surface area contributed by atoms with Crippen molar-refractivity contribution in [3.8, 4) is 0 Å². The van der Waals surface area contributed by atoms with E-state index >= 15 is 0 Å². The topological polar surface area (TPSA) is 20.2 Å². The fourth-order valence-electron chi connectivity index (χ4n) is 1.84. The van der Waals surface area contributed by atoms with Crippen molar-refractivity contribution < 1.29 is 5.11 Å². The summed E-state index contributed by atoms with van der Waals surface area (Å²) in [6.45, 7) is 24.0. The number of hydrogen-bond acceptors (Lipinski definition) is 1. The Hall–Kier alpha value is -0.560. The van der Waals surface area contributed by atoms with E-state index in [0.717, 1.165) is 19.3 Å². The minimum Gasteiger partial charge on any atom is -0.390 e. The quantitative estimate of drug-likeness (QED) is 0.447. The lowest BCUT2D eigenvalue weighted by Crippen LogP contribution is -2.22. The van der Waals surface area contributed by atoms with E-state index in [9.17, 15) is 5.11 Å². The maximum absolute atomic E-state index is 9.73. The van der Waals surface area contributed by atoms with Gasteiger partial charge in [0.05, 0.1) is 5.60 Å². The average Bonchev–Trinajstić information content (AvgIpc) is 2.50. The van der Waals surface area contributed by atoms with Gasteiger partial charge in [0, 0.05) is 0 Å². The fourth-order valence-corrected chi connectivity index (χ4v) is 1.84. The second-order valence-corrected chi connectivity index (χ2v) is 8.93. The minimum atomic E-state index is -0.475. The molecule has 0 aromatic heterocycles. The Morgan fingerprint density at radius 3 is 1.33 bits per heavy atom. The van der Waals surface area contributed by atoms with Gasteiger partial charge in [0.25, 0.3) is 0 Å². The first kappa shape index (κ1) is 25.7. The van der Waals surface area contributed by atoms with Crippen molar-refractivity contribution in [2.45, 2.75) is 120 Å². The standard InChI is InChI=1S/C12H24.C11H22O/c1-7-12(5,6)9-8-11(4)10(2)3;1-6-11(5,12)8-7-10(4)9(2)3/h7-9H2,1-6H3;12H,6-8H2,1-5H3. The van der Waals surface area contributed by atoms with E-state index in [1.54, 1.807) is 5.57 Å². The molecule has 0 aliphatic rings. The molecule has 0 heterocycles. The van der Waals surface area contributed by atoms with Gasteiger partial charge in [0.15, 0.2) is 0 Å². The molecule has 0 radical (unpaired) electrons. The smallest absolute Gasteiger partial charge is 0.0620 e. The minimum absolute atomic E-state index is 0.475. The summed E-state index contributed by atoms with van der Waals surface area (Å²) in [6, 6.07) is 0. The summed E-state index contributed by atoms with van der Waals surface area (Å²) in [6.07, 6.45) is 6.60. The summed E-state index contributed by atoms with van der Waals surface area (Å²) in [5.74, 6) is 0. The summed E-state index contributed by atoms with van der Waals surface area (Å²) in [4.78, 5) is 0. The van der Waals surface area contributed by atoms with E-state index in [2.05, 4.69) is 62.3 Å². The van der Waals surface area contributed by atoms with Gasteiger partial charge in [0.1, 0.15) is 0 Å². The van der Waals surface area contributed by atoms with Gasteiger partial charge in [-0.15, -0.1) is 0 Å². The Morgan fingerprint density at radius 2 is 1.04 bits per heavy atom. The first-order chi connectivity index (χ1) is 10.8. The van der Waals surface area contributed by atoms with E-state index in [0.29, 0.717) is 5.41 Å². The van der Waals surface area contributed by atoms with Crippen LogP contribution in [0.5, 0.6) is 0 Å². The predicted molar refractivity (Wildman–Crippen MR) is 112 cm³/mol. The molecule has 1 heteroatoms. The van der Waals surface area contributed by atoms with E-state index in [-0.39, 0.29) is 0 Å². The Kier molecular flexibility index (Phi) is 12.7. The molecule has 0 amide bonds. The first-order valence-electron chi connectivity index (χ1n) is 9.76. The molecule has 0 aliphatic carbocycles. The maximum atomic E-state index is 9.73. The Balaban J connectivity index is 0. The number of hydrogen-bond donors (Lipinski definition) is 1. The summed E-state index contributed by atoms with van der Waals surface area (Å²) in [5, 5.41) is 9.73. The van der Waals surface area contributed by atoms with Crippen LogP contribution in [0.1, 0.15) is 115 Å². The van der Waals surface area contributed by atoms with E-state index in [4.69, 9.17) is 0 Å². The van der Waals surface area contributed by atoms with Crippen molar-refractivity contribution >= 4 is 0 Å². The van der Waals surface area contributed by atoms with Gasteiger partial charge in [-0.2, -0.15) is 0 Å². The van der Waals surface area contributed by atoms with Gasteiger partial charge >= 0.3 is 0 Å². The molecule has 1 atom stereocenters. The lowest BCUT2D eigenvalue weighted by Gasteiger charge is -2.22. The van der Waals surface area contributed by atoms with Crippen LogP contribution in [0.3, 0.4) is 0 Å². The molecule has 1 N–H and O–H groups in total. The summed E-state index contributed by atoms with van der Waals surface area (Å²) < 4.78 is 0. The highest BCUT2D eigenvalue weighted by Crippen LogP contribution is 2.28. The molecule has 1 unspecified atom stereocenters. The van der Waals surface area contributed by atoms with Crippen LogP contribution in [0, 0.1) is 5.41 Å². The third-order valence-electron chi connectivity index (χ3n) is 5.64. The average molecular weight is 339 g/mol. The van der Waals surface area contributed by atoms with Crippen molar-refractivity contribution in [3.05, 3.63) is 22.3 Å². The highest BCUT2D eigenvalue weighted by atomic mass is 16.3. The van der Waals surface area contributed by atoms with Gasteiger partial charge < -0.3 is 5.11 Å². The number of rotatable bonds is 8. The molecule has 144 valence electrons. The maximum Gasteiger partial charge on any atom is 0.0620 e. The Bertz CT molecular complexity index is 360. The third-order valence-corrected chi connectivity index (χ3v) is 5.64. The first-order valence-corrected chi connectivity index (χ1v) is 9.76. The molecular formula is C23H46O. The summed E-state index contributed by atoms with van der Waals surface area (Å²) >= 11 is 0. The van der Waals surface area contributed by atoms with Crippen LogP contribution in [0.25, 0.3) is 0 Å². The second kappa shape index (κ2) is 11.9. The zero-order valence-electron chi connectivity index (χ0n) is 18.7. The molecule has 1 nitrogen and oxygen atoms in total. The van der Waals surface area contributed by atoms with Gasteiger partial charge in [-0.1, -0.05) is 56.4 Å². The zero-order valence-corrected chi connectivity index (χ0v) is 18.7. The van der Waals surface area contributed by atoms with Crippen molar-refractivity contribution in [1.29, 1.82) is 0 Å². The highest BCUT2D eigenvalue weighted by molar-refractivity contribution is 5.07. The number of allylic oxidation sites excluding steroid dienone is 4. The summed E-state index contributed by atoms with van der Waals surface area (Å²) in [5.41, 5.74) is 5.89. The van der Waals surface area contributed by atoms with E-state index in [1.807, 2.05) is 13.8 Å². The highest BCUT2D eigenvalue weighted by Gasteiger charge is 2.16. The van der Waals surface area contributed by atoms with Crippen LogP contribution in [0.15, 0.2) is 22.3 Å². The number of aliphatic hydroxyl groups is 1. The van der Waals surface area contributed by atoms with Crippen LogP contribution < -0.4 is 0 Å². The van der Waals surface area contributed by atoms with Gasteiger partial charge in [-0.3, -0.25) is 0 Å². The lowest BCUT2D eigenvalue weighted by atomic mass is 9.83. The molecule has 0 saturated heterocycles. The van der Waals surface area contributed by atoms with Crippen LogP contribution in [-0.4, -0.2) is 10.7 Å². The molecule has 0 spiro atoms. The van der Waals surface area contributed by atoms with Crippen molar-refractivity contribution in [2.24, 2.45) is 5.41 Å². The molecule has 0 rings (SSSR count). The molecule has 0 saturated carbocycles. The molecular weight excluding hydrogens is 292 g/mol. The van der Waals surface area contributed by atoms with Crippen LogP contribution in [-0.2, 0) is 0 Å². The van der Waals surface area contributed by atoms with E-state index in [1.165, 1.54) is 36.0 Å². The second-order valence-electron chi connectivity index (χ2n) is 8.93. The Labute approximate surface area is 153 Å². The van der Waals surface area contributed by atoms with Crippen LogP contribution in [0.4, 0.5) is 0 Å². The molecule has 0 aromatic rings. The van der Waals surface area contributed by atoms with Gasteiger partial charge in [-0.05, 0) is 86.0 Å². The summed E-state index contributed by atoms with van der Waals surface area (Å²) in [7, 11) is 0. The van der Waals surface area contributed by atoms with Gasteiger partial charge in [-0.25, -0.2) is 0 Å². The molecule has 24 heavy (non-hydrogen) atoms. The van der Waals surface area contributed by atoms with Gasteiger partial charge in [0.2, 0.25) is 0 Å². The monoisotopic (exact) mass is 338 g/mol. The van der Waals surface area contributed by atoms with E-state index < -0.39 is 5.60 Å². The molecule has 0 aromatic carbocycles. The van der Waals surface area contributed by atoms with Crippen molar-refractivity contribution in [3.63, 3.8) is 0 Å². The lowest BCUT2D eigenvalue weighted by molar-refractivity contribution is 0.0473. The molecule has 0 aliphatic heterocycles. The van der Waals surface area contributed by atoms with Crippen LogP contribution in [0.2, 0.25) is 0 Å². The predicted octanol–water partition coefficient (Wildman–Crippen LogP) is 7.84.